The molecule has 2 aromatic carbocycles. The van der Waals surface area contributed by atoms with Crippen molar-refractivity contribution in [2.45, 2.75) is 64.2 Å². The van der Waals surface area contributed by atoms with Crippen molar-refractivity contribution in [3.63, 3.8) is 0 Å². The fraction of sp³-hybridized carbons (Fsp3) is 0.462. The van der Waals surface area contributed by atoms with Crippen molar-refractivity contribution < 1.29 is 24.2 Å². The van der Waals surface area contributed by atoms with E-state index >= 15 is 0 Å². The molecule has 32 heavy (non-hydrogen) atoms. The molecule has 0 aliphatic heterocycles. The largest absolute Gasteiger partial charge is 0.490 e. The van der Waals surface area contributed by atoms with Gasteiger partial charge in [-0.05, 0) is 37.1 Å². The Balaban J connectivity index is 1.77. The Kier molecular flexibility index (Phi) is 12.5. The first-order valence-electron chi connectivity index (χ1n) is 11.5. The van der Waals surface area contributed by atoms with Gasteiger partial charge in [0, 0.05) is 5.33 Å². The van der Waals surface area contributed by atoms with Crippen molar-refractivity contribution in [2.24, 2.45) is 0 Å². The van der Waals surface area contributed by atoms with Crippen LogP contribution in [0.15, 0.2) is 48.5 Å². The van der Waals surface area contributed by atoms with Crippen molar-refractivity contribution in [1.82, 2.24) is 0 Å². The lowest BCUT2D eigenvalue weighted by atomic mass is 10.1. The first kappa shape index (κ1) is 25.9. The second-order valence-corrected chi connectivity index (χ2v) is 8.56. The average Bonchev–Trinajstić information content (AvgIpc) is 2.81. The van der Waals surface area contributed by atoms with E-state index in [0.717, 1.165) is 24.6 Å². The molecule has 0 saturated heterocycles. The SMILES string of the molecule is O=C(Oc1c(OCCCCCCCCCCCCBr)cccc1C(=O)O)c1ccccc1. The first-order valence-corrected chi connectivity index (χ1v) is 12.6. The van der Waals surface area contributed by atoms with E-state index < -0.39 is 11.9 Å². The summed E-state index contributed by atoms with van der Waals surface area (Å²) >= 11 is 3.46. The predicted molar refractivity (Wildman–Crippen MR) is 130 cm³/mol. The lowest BCUT2D eigenvalue weighted by molar-refractivity contribution is 0.0677. The molecule has 0 radical (unpaired) electrons. The van der Waals surface area contributed by atoms with E-state index in [4.69, 9.17) is 9.47 Å². The Morgan fingerprint density at radius 2 is 1.34 bits per heavy atom. The Hall–Kier alpha value is -2.34. The van der Waals surface area contributed by atoms with Crippen LogP contribution in [0.25, 0.3) is 0 Å². The summed E-state index contributed by atoms with van der Waals surface area (Å²) < 4.78 is 11.2. The van der Waals surface area contributed by atoms with Gasteiger partial charge >= 0.3 is 11.9 Å². The van der Waals surface area contributed by atoms with Gasteiger partial charge in [-0.3, -0.25) is 0 Å². The molecule has 0 spiro atoms. The van der Waals surface area contributed by atoms with Crippen molar-refractivity contribution in [1.29, 1.82) is 0 Å². The molecular weight excluding hydrogens is 472 g/mol. The highest BCUT2D eigenvalue weighted by Gasteiger charge is 2.20. The molecule has 2 rings (SSSR count). The standard InChI is InChI=1S/C26H33BrO5/c27-19-12-7-5-3-1-2-4-6-8-13-20-31-23-18-14-17-22(25(28)29)24(23)32-26(30)21-15-10-9-11-16-21/h9-11,14-18H,1-8,12-13,19-20H2,(H,28,29). The molecule has 1 N–H and O–H groups in total. The number of hydrogen-bond donors (Lipinski definition) is 1. The maximum atomic E-state index is 12.4. The van der Waals surface area contributed by atoms with Crippen LogP contribution in [0.4, 0.5) is 0 Å². The summed E-state index contributed by atoms with van der Waals surface area (Å²) in [7, 11) is 0. The van der Waals surface area contributed by atoms with Crippen LogP contribution in [0.2, 0.25) is 0 Å². The monoisotopic (exact) mass is 504 g/mol. The highest BCUT2D eigenvalue weighted by atomic mass is 79.9. The molecule has 0 saturated carbocycles. The number of aromatic carboxylic acids is 1. The van der Waals surface area contributed by atoms with Crippen molar-refractivity contribution in [3.8, 4) is 11.5 Å². The van der Waals surface area contributed by atoms with Gasteiger partial charge in [0.05, 0.1) is 12.2 Å². The number of carbonyl (C=O) groups is 2. The van der Waals surface area contributed by atoms with Gasteiger partial charge in [0.1, 0.15) is 5.56 Å². The number of rotatable bonds is 16. The fourth-order valence-corrected chi connectivity index (χ4v) is 3.82. The number of unbranched alkanes of at least 4 members (excludes halogenated alkanes) is 9. The highest BCUT2D eigenvalue weighted by molar-refractivity contribution is 9.09. The number of ether oxygens (including phenoxy) is 2. The second-order valence-electron chi connectivity index (χ2n) is 7.77. The number of esters is 1. The molecular formula is C26H33BrO5. The van der Waals surface area contributed by atoms with E-state index in [1.807, 2.05) is 0 Å². The van der Waals surface area contributed by atoms with Gasteiger partial charge in [-0.1, -0.05) is 91.6 Å². The normalized spacial score (nSPS) is 10.7. The van der Waals surface area contributed by atoms with Crippen LogP contribution in [0.5, 0.6) is 11.5 Å². The van der Waals surface area contributed by atoms with E-state index in [-0.39, 0.29) is 17.1 Å². The summed E-state index contributed by atoms with van der Waals surface area (Å²) in [4.78, 5) is 24.1. The van der Waals surface area contributed by atoms with Crippen LogP contribution in [0, 0.1) is 0 Å². The zero-order valence-electron chi connectivity index (χ0n) is 18.6. The fourth-order valence-electron chi connectivity index (χ4n) is 3.42. The molecule has 0 bridgehead atoms. The molecule has 0 heterocycles. The number of carbonyl (C=O) groups excluding carboxylic acids is 1. The van der Waals surface area contributed by atoms with E-state index in [2.05, 4.69) is 15.9 Å². The second kappa shape index (κ2) is 15.5. The maximum Gasteiger partial charge on any atom is 0.343 e. The lowest BCUT2D eigenvalue weighted by Gasteiger charge is -2.14. The van der Waals surface area contributed by atoms with E-state index in [1.165, 1.54) is 51.0 Å². The molecule has 0 aliphatic carbocycles. The molecule has 0 atom stereocenters. The summed E-state index contributed by atoms with van der Waals surface area (Å²) in [6, 6.07) is 13.1. The molecule has 0 amide bonds. The number of carboxylic acids is 1. The number of hydrogen-bond acceptors (Lipinski definition) is 4. The van der Waals surface area contributed by atoms with E-state index in [1.54, 1.807) is 42.5 Å². The van der Waals surface area contributed by atoms with Gasteiger partial charge in [-0.2, -0.15) is 0 Å². The quantitative estimate of drug-likeness (QED) is 0.112. The third-order valence-electron chi connectivity index (χ3n) is 5.20. The number of para-hydroxylation sites is 1. The maximum absolute atomic E-state index is 12.4. The molecule has 6 heteroatoms. The van der Waals surface area contributed by atoms with Gasteiger partial charge in [-0.15, -0.1) is 0 Å². The topological polar surface area (TPSA) is 72.8 Å². The van der Waals surface area contributed by atoms with Gasteiger partial charge in [-0.25, -0.2) is 9.59 Å². The summed E-state index contributed by atoms with van der Waals surface area (Å²) in [6.07, 6.45) is 12.1. The zero-order chi connectivity index (χ0) is 23.0. The van der Waals surface area contributed by atoms with Crippen LogP contribution >= 0.6 is 15.9 Å². The number of halogens is 1. The Bertz CT molecular complexity index is 822. The van der Waals surface area contributed by atoms with Crippen LogP contribution in [-0.4, -0.2) is 29.0 Å². The smallest absolute Gasteiger partial charge is 0.343 e. The van der Waals surface area contributed by atoms with Crippen LogP contribution in [0.3, 0.4) is 0 Å². The molecule has 2 aromatic rings. The predicted octanol–water partition coefficient (Wildman–Crippen LogP) is 7.28. The Morgan fingerprint density at radius 3 is 1.94 bits per heavy atom. The van der Waals surface area contributed by atoms with Gasteiger partial charge < -0.3 is 14.6 Å². The molecule has 0 fully saturated rings. The van der Waals surface area contributed by atoms with E-state index in [0.29, 0.717) is 12.2 Å². The summed E-state index contributed by atoms with van der Waals surface area (Å²) in [5.74, 6) is -1.55. The van der Waals surface area contributed by atoms with Gasteiger partial charge in [0.2, 0.25) is 0 Å². The highest BCUT2D eigenvalue weighted by Crippen LogP contribution is 2.32. The minimum absolute atomic E-state index is 0.0474. The average molecular weight is 505 g/mol. The molecule has 0 aliphatic rings. The van der Waals surface area contributed by atoms with Crippen LogP contribution in [-0.2, 0) is 0 Å². The molecule has 0 unspecified atom stereocenters. The summed E-state index contributed by atoms with van der Waals surface area (Å²) in [5.41, 5.74) is 0.254. The summed E-state index contributed by atoms with van der Waals surface area (Å²) in [6.45, 7) is 0.450. The van der Waals surface area contributed by atoms with Crippen LogP contribution < -0.4 is 9.47 Å². The molecule has 174 valence electrons. The number of carboxylic acid groups (broad SMARTS) is 1. The minimum atomic E-state index is -1.17. The van der Waals surface area contributed by atoms with E-state index in [9.17, 15) is 14.7 Å². The summed E-state index contributed by atoms with van der Waals surface area (Å²) in [5, 5.41) is 10.6. The molecule has 5 nitrogen and oxygen atoms in total. The Morgan fingerprint density at radius 1 is 0.750 bits per heavy atom. The van der Waals surface area contributed by atoms with Crippen LogP contribution in [0.1, 0.15) is 84.9 Å². The number of benzene rings is 2. The lowest BCUT2D eigenvalue weighted by Crippen LogP contribution is -2.13. The van der Waals surface area contributed by atoms with Gasteiger partial charge in [0.15, 0.2) is 11.5 Å². The minimum Gasteiger partial charge on any atom is -0.490 e. The third-order valence-corrected chi connectivity index (χ3v) is 5.76. The first-order chi connectivity index (χ1) is 15.6. The molecule has 0 aromatic heterocycles. The van der Waals surface area contributed by atoms with Crippen molar-refractivity contribution >= 4 is 27.9 Å². The van der Waals surface area contributed by atoms with Crippen molar-refractivity contribution in [3.05, 3.63) is 59.7 Å². The Labute approximate surface area is 199 Å². The third kappa shape index (κ3) is 9.43. The zero-order valence-corrected chi connectivity index (χ0v) is 20.1. The number of alkyl halides is 1. The van der Waals surface area contributed by atoms with Gasteiger partial charge in [0.25, 0.3) is 0 Å². The van der Waals surface area contributed by atoms with Crippen molar-refractivity contribution in [2.75, 3.05) is 11.9 Å².